The maximum absolute atomic E-state index is 13.0. The van der Waals surface area contributed by atoms with E-state index >= 15 is 0 Å². The van der Waals surface area contributed by atoms with Gasteiger partial charge in [0.1, 0.15) is 12.4 Å². The van der Waals surface area contributed by atoms with Gasteiger partial charge in [0.05, 0.1) is 17.5 Å². The molecule has 0 bridgehead atoms. The Morgan fingerprint density at radius 2 is 1.54 bits per heavy atom. The highest BCUT2D eigenvalue weighted by molar-refractivity contribution is 5.70. The summed E-state index contributed by atoms with van der Waals surface area (Å²) in [5.41, 5.74) is -2.79. The number of aliphatic carboxylic acids is 1. The van der Waals surface area contributed by atoms with Gasteiger partial charge in [-0.1, -0.05) is 18.2 Å². The number of hydrogen-bond acceptors (Lipinski definition) is 2. The lowest BCUT2D eigenvalue weighted by Gasteiger charge is -2.16. The Balaban J connectivity index is 2.19. The van der Waals surface area contributed by atoms with Gasteiger partial charge in [-0.3, -0.25) is 4.79 Å². The SMILES string of the molecule is O=C(O)Cc1ccc(OCc2ccc(C(F)(F)F)cc2C(F)(F)F)cc1. The first kappa shape index (κ1) is 19.6. The molecule has 2 aromatic carbocycles. The average molecular weight is 378 g/mol. The second kappa shape index (κ2) is 7.27. The molecule has 0 aromatic heterocycles. The maximum atomic E-state index is 13.0. The van der Waals surface area contributed by atoms with Crippen LogP contribution in [0.3, 0.4) is 0 Å². The number of alkyl halides is 6. The fraction of sp³-hybridized carbons (Fsp3) is 0.235. The predicted molar refractivity (Wildman–Crippen MR) is 78.6 cm³/mol. The smallest absolute Gasteiger partial charge is 0.416 e. The minimum absolute atomic E-state index is 0.0502. The van der Waals surface area contributed by atoms with Crippen LogP contribution < -0.4 is 4.74 Å². The third-order valence-corrected chi connectivity index (χ3v) is 3.42. The van der Waals surface area contributed by atoms with Crippen molar-refractivity contribution in [3.8, 4) is 5.75 Å². The Kier molecular flexibility index (Phi) is 5.48. The molecule has 2 aromatic rings. The Morgan fingerprint density at radius 3 is 2.04 bits per heavy atom. The lowest BCUT2D eigenvalue weighted by atomic mass is 10.0. The zero-order valence-electron chi connectivity index (χ0n) is 13.0. The molecule has 26 heavy (non-hydrogen) atoms. The van der Waals surface area contributed by atoms with Gasteiger partial charge in [0, 0.05) is 5.56 Å². The lowest BCUT2D eigenvalue weighted by molar-refractivity contribution is -0.143. The molecule has 0 radical (unpaired) electrons. The molecular weight excluding hydrogens is 366 g/mol. The molecule has 140 valence electrons. The summed E-state index contributed by atoms with van der Waals surface area (Å²) in [6, 6.07) is 6.94. The number of carboxylic acids is 1. The van der Waals surface area contributed by atoms with Crippen molar-refractivity contribution in [1.82, 2.24) is 0 Å². The maximum Gasteiger partial charge on any atom is 0.416 e. The highest BCUT2D eigenvalue weighted by atomic mass is 19.4. The molecule has 0 atom stereocenters. The standard InChI is InChI=1S/C17H12F6O3/c18-16(19,20)12-4-3-11(14(8-12)17(21,22)23)9-26-13-5-1-10(2-6-13)7-15(24)25/h1-6,8H,7,9H2,(H,24,25). The topological polar surface area (TPSA) is 46.5 Å². The number of carboxylic acid groups (broad SMARTS) is 1. The van der Waals surface area contributed by atoms with E-state index in [4.69, 9.17) is 9.84 Å². The van der Waals surface area contributed by atoms with Crippen LogP contribution in [0.5, 0.6) is 5.75 Å². The summed E-state index contributed by atoms with van der Waals surface area (Å²) in [5.74, 6) is -0.884. The molecule has 0 unspecified atom stereocenters. The predicted octanol–water partition coefficient (Wildman–Crippen LogP) is 4.93. The summed E-state index contributed by atoms with van der Waals surface area (Å²) in [4.78, 5) is 10.6. The van der Waals surface area contributed by atoms with Gasteiger partial charge >= 0.3 is 18.3 Å². The molecule has 3 nitrogen and oxygen atoms in total. The van der Waals surface area contributed by atoms with Crippen molar-refractivity contribution < 1.29 is 41.0 Å². The molecule has 9 heteroatoms. The third kappa shape index (κ3) is 5.14. The third-order valence-electron chi connectivity index (χ3n) is 3.42. The lowest BCUT2D eigenvalue weighted by Crippen LogP contribution is -2.14. The van der Waals surface area contributed by atoms with Crippen LogP contribution in [0.1, 0.15) is 22.3 Å². The highest BCUT2D eigenvalue weighted by Crippen LogP contribution is 2.37. The summed E-state index contributed by atoms with van der Waals surface area (Å²) in [5, 5.41) is 8.66. The van der Waals surface area contributed by atoms with Gasteiger partial charge in [-0.15, -0.1) is 0 Å². The number of benzene rings is 2. The first-order valence-electron chi connectivity index (χ1n) is 7.17. The first-order chi connectivity index (χ1) is 12.0. The van der Waals surface area contributed by atoms with Crippen molar-refractivity contribution in [1.29, 1.82) is 0 Å². The van der Waals surface area contributed by atoms with Gasteiger partial charge in [0.2, 0.25) is 0 Å². The summed E-state index contributed by atoms with van der Waals surface area (Å²) < 4.78 is 82.2. The zero-order valence-corrected chi connectivity index (χ0v) is 13.0. The molecule has 2 rings (SSSR count). The number of carbonyl (C=O) groups is 1. The number of hydrogen-bond donors (Lipinski definition) is 1. The monoisotopic (exact) mass is 378 g/mol. The van der Waals surface area contributed by atoms with Crippen molar-refractivity contribution in [2.45, 2.75) is 25.4 Å². The van der Waals surface area contributed by atoms with Crippen LogP contribution in [0.2, 0.25) is 0 Å². The van der Waals surface area contributed by atoms with Gasteiger partial charge < -0.3 is 9.84 Å². The normalized spacial score (nSPS) is 12.1. The van der Waals surface area contributed by atoms with Gasteiger partial charge in [0.15, 0.2) is 0 Å². The van der Waals surface area contributed by atoms with E-state index in [0.29, 0.717) is 11.6 Å². The van der Waals surface area contributed by atoms with E-state index in [0.717, 1.165) is 6.07 Å². The minimum atomic E-state index is -4.97. The highest BCUT2D eigenvalue weighted by Gasteiger charge is 2.38. The molecule has 1 N–H and O–H groups in total. The van der Waals surface area contributed by atoms with Crippen LogP contribution in [0.4, 0.5) is 26.3 Å². The summed E-state index contributed by atoms with van der Waals surface area (Å²) in [6.07, 6.45) is -10.1. The second-order valence-corrected chi connectivity index (χ2v) is 5.37. The van der Waals surface area contributed by atoms with Crippen LogP contribution in [-0.2, 0) is 30.2 Å². The average Bonchev–Trinajstić information content (AvgIpc) is 2.51. The van der Waals surface area contributed by atoms with Crippen LogP contribution in [-0.4, -0.2) is 11.1 Å². The fourth-order valence-corrected chi connectivity index (χ4v) is 2.18. The molecular formula is C17H12F6O3. The van der Waals surface area contributed by atoms with Crippen molar-refractivity contribution >= 4 is 5.97 Å². The molecule has 0 heterocycles. The Labute approximate surface area is 143 Å². The molecule has 0 fully saturated rings. The Hall–Kier alpha value is -2.71. The molecule has 0 aliphatic carbocycles. The molecule has 0 spiro atoms. The number of halogens is 6. The minimum Gasteiger partial charge on any atom is -0.489 e. The van der Waals surface area contributed by atoms with Crippen LogP contribution in [0, 0.1) is 0 Å². The zero-order chi connectivity index (χ0) is 19.5. The quantitative estimate of drug-likeness (QED) is 0.751. The molecule has 0 saturated carbocycles. The van der Waals surface area contributed by atoms with Gasteiger partial charge in [0.25, 0.3) is 0 Å². The Bertz CT molecular complexity index is 779. The van der Waals surface area contributed by atoms with E-state index in [2.05, 4.69) is 0 Å². The first-order valence-corrected chi connectivity index (χ1v) is 7.17. The van der Waals surface area contributed by atoms with Crippen molar-refractivity contribution in [3.63, 3.8) is 0 Å². The van der Waals surface area contributed by atoms with Crippen LogP contribution in [0.15, 0.2) is 42.5 Å². The Morgan fingerprint density at radius 1 is 0.923 bits per heavy atom. The number of rotatable bonds is 5. The van der Waals surface area contributed by atoms with E-state index in [1.165, 1.54) is 24.3 Å². The van der Waals surface area contributed by atoms with Crippen LogP contribution >= 0.6 is 0 Å². The van der Waals surface area contributed by atoms with E-state index in [9.17, 15) is 31.1 Å². The van der Waals surface area contributed by atoms with E-state index in [1.54, 1.807) is 0 Å². The number of ether oxygens (including phenoxy) is 1. The molecule has 0 saturated heterocycles. The van der Waals surface area contributed by atoms with Crippen molar-refractivity contribution in [3.05, 3.63) is 64.7 Å². The van der Waals surface area contributed by atoms with E-state index < -0.39 is 41.6 Å². The van der Waals surface area contributed by atoms with E-state index in [-0.39, 0.29) is 18.2 Å². The van der Waals surface area contributed by atoms with Gasteiger partial charge in [-0.05, 0) is 29.8 Å². The second-order valence-electron chi connectivity index (χ2n) is 5.37. The molecule has 0 aliphatic rings. The van der Waals surface area contributed by atoms with E-state index in [1.807, 2.05) is 0 Å². The summed E-state index contributed by atoms with van der Waals surface area (Å²) in [7, 11) is 0. The summed E-state index contributed by atoms with van der Waals surface area (Å²) >= 11 is 0. The summed E-state index contributed by atoms with van der Waals surface area (Å²) in [6.45, 7) is -0.592. The molecule has 0 aliphatic heterocycles. The fourth-order valence-electron chi connectivity index (χ4n) is 2.18. The van der Waals surface area contributed by atoms with Crippen molar-refractivity contribution in [2.24, 2.45) is 0 Å². The largest absolute Gasteiger partial charge is 0.489 e. The van der Waals surface area contributed by atoms with Gasteiger partial charge in [-0.25, -0.2) is 0 Å². The van der Waals surface area contributed by atoms with Crippen molar-refractivity contribution in [2.75, 3.05) is 0 Å². The molecule has 0 amide bonds. The van der Waals surface area contributed by atoms with Crippen LogP contribution in [0.25, 0.3) is 0 Å². The van der Waals surface area contributed by atoms with Gasteiger partial charge in [-0.2, -0.15) is 26.3 Å².